The molecule has 3 aromatic carbocycles. The first kappa shape index (κ1) is 39.2. The highest BCUT2D eigenvalue weighted by molar-refractivity contribution is 7.62. The Balaban J connectivity index is 0.916. The molecule has 294 valence electrons. The van der Waals surface area contributed by atoms with Crippen molar-refractivity contribution in [2.24, 2.45) is 0 Å². The number of rotatable bonds is 14. The van der Waals surface area contributed by atoms with Gasteiger partial charge in [-0.25, -0.2) is 4.98 Å². The van der Waals surface area contributed by atoms with Gasteiger partial charge in [0.25, 0.3) is 5.91 Å². The van der Waals surface area contributed by atoms with Crippen molar-refractivity contribution < 1.29 is 32.7 Å². The number of halogens is 1. The maximum Gasteiger partial charge on any atom is 0.362 e. The molecule has 4 heterocycles. The van der Waals surface area contributed by atoms with Crippen LogP contribution in [0.4, 0.5) is 28.8 Å². The number of aromatic nitrogens is 2. The molecule has 7 rings (SSSR count). The molecule has 0 saturated carbocycles. The van der Waals surface area contributed by atoms with Crippen LogP contribution in [0.1, 0.15) is 47.2 Å². The average Bonchev–Trinajstić information content (AvgIpc) is 3.54. The Morgan fingerprint density at radius 2 is 1.73 bits per heavy atom. The first-order chi connectivity index (χ1) is 27.1. The van der Waals surface area contributed by atoms with Gasteiger partial charge in [-0.2, -0.15) is 4.98 Å². The van der Waals surface area contributed by atoms with E-state index in [9.17, 15) is 18.9 Å². The van der Waals surface area contributed by atoms with Gasteiger partial charge in [-0.3, -0.25) is 24.3 Å². The second-order valence-corrected chi connectivity index (χ2v) is 16.4. The summed E-state index contributed by atoms with van der Waals surface area (Å²) in [5, 5.41) is 13.0. The number of anilines is 5. The van der Waals surface area contributed by atoms with Crippen LogP contribution in [-0.4, -0.2) is 85.6 Å². The van der Waals surface area contributed by atoms with E-state index in [2.05, 4.69) is 42.2 Å². The fourth-order valence-corrected chi connectivity index (χ4v) is 8.75. The lowest BCUT2D eigenvalue weighted by Crippen LogP contribution is -2.52. The first-order valence-corrected chi connectivity index (χ1v) is 20.3. The topological polar surface area (TPSA) is 176 Å². The Labute approximate surface area is 330 Å². The van der Waals surface area contributed by atoms with Crippen LogP contribution in [0.2, 0.25) is 5.02 Å². The van der Waals surface area contributed by atoms with E-state index in [1.54, 1.807) is 36.3 Å². The van der Waals surface area contributed by atoms with Crippen molar-refractivity contribution in [2.45, 2.75) is 50.7 Å². The molecule has 3 aliphatic rings. The Morgan fingerprint density at radius 3 is 2.48 bits per heavy atom. The normalized spacial score (nSPS) is 17.5. The molecule has 0 spiro atoms. The summed E-state index contributed by atoms with van der Waals surface area (Å²) in [5.74, 6) is 0.348. The molecule has 17 heteroatoms. The lowest BCUT2D eigenvalue weighted by atomic mass is 10.0. The smallest absolute Gasteiger partial charge is 0.362 e. The van der Waals surface area contributed by atoms with Gasteiger partial charge >= 0.3 is 7.60 Å². The number of carbonyl (C=O) groups is 3. The third kappa shape index (κ3) is 8.37. The van der Waals surface area contributed by atoms with Crippen molar-refractivity contribution in [3.63, 3.8) is 0 Å². The molecule has 0 aliphatic carbocycles. The average molecular weight is 803 g/mol. The van der Waals surface area contributed by atoms with Gasteiger partial charge in [0.1, 0.15) is 16.8 Å². The second-order valence-electron chi connectivity index (χ2n) is 13.8. The third-order valence-corrected chi connectivity index (χ3v) is 12.6. The van der Waals surface area contributed by atoms with Crippen molar-refractivity contribution in [2.75, 3.05) is 56.5 Å². The molecule has 2 saturated heterocycles. The summed E-state index contributed by atoms with van der Waals surface area (Å²) in [6, 6.07) is 18.5. The van der Waals surface area contributed by atoms with Gasteiger partial charge in [-0.05, 0) is 73.7 Å². The van der Waals surface area contributed by atoms with Gasteiger partial charge in [0.15, 0.2) is 5.82 Å². The van der Waals surface area contributed by atoms with Gasteiger partial charge in [0, 0.05) is 63.6 Å². The molecule has 0 bridgehead atoms. The summed E-state index contributed by atoms with van der Waals surface area (Å²) in [5.41, 5.74) is 4.86. The van der Waals surface area contributed by atoms with Crippen LogP contribution in [0.15, 0.2) is 66.9 Å². The number of ether oxygens (including phenoxy) is 1. The molecule has 15 nitrogen and oxygen atoms in total. The fourth-order valence-electron chi connectivity index (χ4n) is 7.38. The van der Waals surface area contributed by atoms with Crippen LogP contribution in [-0.2, 0) is 36.2 Å². The Bertz CT molecular complexity index is 2180. The van der Waals surface area contributed by atoms with Crippen LogP contribution in [0.3, 0.4) is 0 Å². The maximum absolute atomic E-state index is 13.2. The van der Waals surface area contributed by atoms with Gasteiger partial charge < -0.3 is 39.5 Å². The number of amides is 3. The minimum Gasteiger partial charge on any atom is -0.494 e. The van der Waals surface area contributed by atoms with E-state index in [1.165, 1.54) is 20.4 Å². The number of nitrogens with one attached hydrogen (secondary N) is 4. The third-order valence-electron chi connectivity index (χ3n) is 10.4. The van der Waals surface area contributed by atoms with E-state index in [1.807, 2.05) is 30.3 Å². The second kappa shape index (κ2) is 17.0. The Kier molecular flexibility index (Phi) is 11.9. The van der Waals surface area contributed by atoms with E-state index in [0.29, 0.717) is 52.8 Å². The number of para-hydroxylation sites is 1. The lowest BCUT2D eigenvalue weighted by molar-refractivity contribution is -0.136. The molecule has 1 atom stereocenters. The molecule has 0 radical (unpaired) electrons. The monoisotopic (exact) mass is 802 g/mol. The molecule has 3 amide bonds. The molecule has 1 aromatic heterocycles. The minimum absolute atomic E-state index is 0.156. The zero-order valence-corrected chi connectivity index (χ0v) is 33.0. The summed E-state index contributed by atoms with van der Waals surface area (Å²) < 4.78 is 29.3. The lowest BCUT2D eigenvalue weighted by Gasteiger charge is -2.34. The number of carbonyl (C=O) groups excluding carboxylic acids is 3. The van der Waals surface area contributed by atoms with Gasteiger partial charge in [-0.1, -0.05) is 35.9 Å². The Hall–Kier alpha value is -5.05. The van der Waals surface area contributed by atoms with Crippen molar-refractivity contribution in [1.29, 1.82) is 0 Å². The molecule has 4 aromatic rings. The largest absolute Gasteiger partial charge is 0.494 e. The first-order valence-electron chi connectivity index (χ1n) is 18.4. The zero-order valence-electron chi connectivity index (χ0n) is 31.3. The van der Waals surface area contributed by atoms with Crippen molar-refractivity contribution in [3.8, 4) is 5.75 Å². The number of hydrogen-bond donors (Lipinski definition) is 4. The highest BCUT2D eigenvalue weighted by atomic mass is 35.5. The fraction of sp³-hybridized carbons (Fsp3) is 0.359. The molecule has 4 N–H and O–H groups in total. The predicted octanol–water partition coefficient (Wildman–Crippen LogP) is 5.30. The number of imide groups is 1. The van der Waals surface area contributed by atoms with E-state index in [-0.39, 0.29) is 29.2 Å². The zero-order chi connectivity index (χ0) is 39.4. The van der Waals surface area contributed by atoms with Gasteiger partial charge in [0.05, 0.1) is 30.0 Å². The van der Waals surface area contributed by atoms with E-state index in [0.717, 1.165) is 55.7 Å². The number of nitrogens with zero attached hydrogens (tertiary/aromatic N) is 4. The van der Waals surface area contributed by atoms with E-state index in [4.69, 9.17) is 25.4 Å². The van der Waals surface area contributed by atoms with Crippen LogP contribution in [0.5, 0.6) is 5.75 Å². The summed E-state index contributed by atoms with van der Waals surface area (Å²) in [7, 11) is 0.706. The summed E-state index contributed by atoms with van der Waals surface area (Å²) in [6.07, 6.45) is 4.83. The van der Waals surface area contributed by atoms with Crippen LogP contribution >= 0.6 is 19.2 Å². The quantitative estimate of drug-likeness (QED) is 0.0956. The SMILES string of the molecule is COc1cc(N2CCC(NCCc3ccc4c(c3)CN(C3CCC(=O)NC3=O)C4=O)CC2)ccc1Nc1ncc(Cl)c(Nc2ccccc2P(=O)(OC)OC)n1. The summed E-state index contributed by atoms with van der Waals surface area (Å²) in [4.78, 5) is 49.9. The number of piperidine rings is 2. The standard InChI is InChI=1S/C39H44ClN8O7P/c1-53-33-21-27(9-11-30(33)44-39-42-22-29(40)36(46-39)43-31-6-4-5-7-34(31)56(52,54-2)55-3)47-18-15-26(16-19-47)41-17-14-24-8-10-28-25(20-24)23-48(38(28)51)32-12-13-35(49)45-37(32)50/h4-11,20-22,26,32,41H,12-19,23H2,1-3H3,(H,45,49,50)(H2,42,43,44,46). The predicted molar refractivity (Wildman–Crippen MR) is 214 cm³/mol. The van der Waals surface area contributed by atoms with Gasteiger partial charge in [-0.15, -0.1) is 0 Å². The van der Waals surface area contributed by atoms with E-state index < -0.39 is 19.5 Å². The van der Waals surface area contributed by atoms with Crippen molar-refractivity contribution in [1.82, 2.24) is 25.5 Å². The molecule has 3 aliphatic heterocycles. The Morgan fingerprint density at radius 1 is 0.946 bits per heavy atom. The molecule has 56 heavy (non-hydrogen) atoms. The number of benzene rings is 3. The summed E-state index contributed by atoms with van der Waals surface area (Å²) >= 11 is 6.46. The van der Waals surface area contributed by atoms with E-state index >= 15 is 0 Å². The molecular formula is C39H44ClN8O7P. The van der Waals surface area contributed by atoms with Crippen molar-refractivity contribution in [3.05, 3.63) is 88.6 Å². The number of hydrogen-bond acceptors (Lipinski definition) is 13. The summed E-state index contributed by atoms with van der Waals surface area (Å²) in [6.45, 7) is 2.93. The molecule has 2 fully saturated rings. The van der Waals surface area contributed by atoms with Crippen LogP contribution in [0, 0.1) is 0 Å². The molecular weight excluding hydrogens is 759 g/mol. The van der Waals surface area contributed by atoms with Crippen LogP contribution in [0.25, 0.3) is 0 Å². The number of methoxy groups -OCH3 is 1. The van der Waals surface area contributed by atoms with Gasteiger partial charge in [0.2, 0.25) is 17.8 Å². The highest BCUT2D eigenvalue weighted by Crippen LogP contribution is 2.47. The number of fused-ring (bicyclic) bond motifs is 1. The minimum atomic E-state index is -3.56. The highest BCUT2D eigenvalue weighted by Gasteiger charge is 2.39. The molecule has 1 unspecified atom stereocenters. The van der Waals surface area contributed by atoms with Crippen LogP contribution < -0.4 is 36.2 Å². The maximum atomic E-state index is 13.2. The van der Waals surface area contributed by atoms with Crippen molar-refractivity contribution >= 4 is 71.1 Å².